The van der Waals surface area contributed by atoms with Crippen LogP contribution >= 0.6 is 0 Å². The largest absolute Gasteiger partial charge is 0.324 e. The SMILES string of the molecule is CCc1ccccc1NC(=O)C(CC)n1nc(C)c2c(C)n(-c3ccc(C)cc3)nc2c1=O. The molecule has 7 heteroatoms. The number of amides is 1. The minimum absolute atomic E-state index is 0.263. The average Bonchev–Trinajstić information content (AvgIpc) is 3.16. The summed E-state index contributed by atoms with van der Waals surface area (Å²) in [6.45, 7) is 9.72. The van der Waals surface area contributed by atoms with E-state index in [0.29, 0.717) is 17.6 Å². The molecule has 4 rings (SSSR count). The Labute approximate surface area is 193 Å². The Kier molecular flexibility index (Phi) is 6.14. The van der Waals surface area contributed by atoms with Crippen molar-refractivity contribution in [3.63, 3.8) is 0 Å². The van der Waals surface area contributed by atoms with Crippen LogP contribution in [0.15, 0.2) is 53.3 Å². The highest BCUT2D eigenvalue weighted by Gasteiger charge is 2.25. The van der Waals surface area contributed by atoms with E-state index >= 15 is 0 Å². The summed E-state index contributed by atoms with van der Waals surface area (Å²) in [7, 11) is 0. The van der Waals surface area contributed by atoms with E-state index in [4.69, 9.17) is 0 Å². The normalized spacial score (nSPS) is 12.2. The molecule has 1 amide bonds. The molecule has 0 aliphatic carbocycles. The van der Waals surface area contributed by atoms with Crippen LogP contribution in [0.1, 0.15) is 48.8 Å². The van der Waals surface area contributed by atoms with Gasteiger partial charge >= 0.3 is 0 Å². The summed E-state index contributed by atoms with van der Waals surface area (Å²) in [5, 5.41) is 12.9. The van der Waals surface area contributed by atoms with E-state index in [1.165, 1.54) is 4.68 Å². The first-order valence-electron chi connectivity index (χ1n) is 11.3. The summed E-state index contributed by atoms with van der Waals surface area (Å²) in [6, 6.07) is 14.9. The molecule has 2 heterocycles. The van der Waals surface area contributed by atoms with Crippen molar-refractivity contribution in [1.29, 1.82) is 0 Å². The third-order valence-electron chi connectivity index (χ3n) is 6.07. The van der Waals surface area contributed by atoms with Crippen LogP contribution in [0.25, 0.3) is 16.6 Å². The van der Waals surface area contributed by atoms with Gasteiger partial charge in [-0.1, -0.05) is 49.7 Å². The number of benzene rings is 2. The van der Waals surface area contributed by atoms with Crippen molar-refractivity contribution in [2.45, 2.75) is 53.5 Å². The van der Waals surface area contributed by atoms with Crippen LogP contribution in [0.2, 0.25) is 0 Å². The van der Waals surface area contributed by atoms with Crippen molar-refractivity contribution in [3.05, 3.63) is 81.4 Å². The summed E-state index contributed by atoms with van der Waals surface area (Å²) in [5.41, 5.74) is 5.29. The Morgan fingerprint density at radius 3 is 2.36 bits per heavy atom. The number of anilines is 1. The number of nitrogens with one attached hydrogen (secondary N) is 1. The van der Waals surface area contributed by atoms with Gasteiger partial charge in [-0.3, -0.25) is 9.59 Å². The molecule has 0 fully saturated rings. The van der Waals surface area contributed by atoms with Crippen LogP contribution in [-0.2, 0) is 11.2 Å². The average molecular weight is 444 g/mol. The number of para-hydroxylation sites is 1. The molecule has 0 radical (unpaired) electrons. The van der Waals surface area contributed by atoms with Crippen LogP contribution in [0, 0.1) is 20.8 Å². The zero-order chi connectivity index (χ0) is 23.7. The van der Waals surface area contributed by atoms with Gasteiger partial charge in [-0.25, -0.2) is 9.36 Å². The Morgan fingerprint density at radius 2 is 1.70 bits per heavy atom. The van der Waals surface area contributed by atoms with E-state index in [-0.39, 0.29) is 11.5 Å². The third kappa shape index (κ3) is 4.06. The number of nitrogens with zero attached hydrogens (tertiary/aromatic N) is 4. The number of fused-ring (bicyclic) bond motifs is 1. The molecule has 33 heavy (non-hydrogen) atoms. The highest BCUT2D eigenvalue weighted by molar-refractivity contribution is 5.94. The molecule has 2 aromatic carbocycles. The minimum Gasteiger partial charge on any atom is -0.324 e. The predicted molar refractivity (Wildman–Crippen MR) is 131 cm³/mol. The zero-order valence-corrected chi connectivity index (χ0v) is 19.7. The highest BCUT2D eigenvalue weighted by Crippen LogP contribution is 2.23. The standard InChI is InChI=1S/C26H29N5O2/c1-6-19-10-8-9-11-21(19)27-25(32)22(7-2)31-26(33)24-23(17(4)28-31)18(5)30(29-24)20-14-12-16(3)13-15-20/h8-15,22H,6-7H2,1-5H3,(H,27,32). The van der Waals surface area contributed by atoms with Crippen LogP contribution in [0.3, 0.4) is 0 Å². The molecule has 0 aliphatic heterocycles. The van der Waals surface area contributed by atoms with E-state index < -0.39 is 6.04 Å². The van der Waals surface area contributed by atoms with Gasteiger partial charge in [0.1, 0.15) is 6.04 Å². The first-order chi connectivity index (χ1) is 15.8. The van der Waals surface area contributed by atoms with Gasteiger partial charge in [-0.15, -0.1) is 0 Å². The molecular formula is C26H29N5O2. The first kappa shape index (κ1) is 22.5. The zero-order valence-electron chi connectivity index (χ0n) is 19.7. The lowest BCUT2D eigenvalue weighted by molar-refractivity contribution is -0.119. The second kappa shape index (κ2) is 9.02. The van der Waals surface area contributed by atoms with Crippen molar-refractivity contribution in [2.75, 3.05) is 5.32 Å². The minimum atomic E-state index is -0.740. The number of carbonyl (C=O) groups excluding carboxylic acids is 1. The maximum absolute atomic E-state index is 13.5. The van der Waals surface area contributed by atoms with Gasteiger partial charge in [-0.05, 0) is 57.4 Å². The van der Waals surface area contributed by atoms with Crippen molar-refractivity contribution >= 4 is 22.5 Å². The molecule has 0 bridgehead atoms. The van der Waals surface area contributed by atoms with Gasteiger partial charge in [0, 0.05) is 5.69 Å². The predicted octanol–water partition coefficient (Wildman–Crippen LogP) is 4.66. The third-order valence-corrected chi connectivity index (χ3v) is 6.07. The number of carbonyl (C=O) groups is 1. The Hall–Kier alpha value is -3.74. The fourth-order valence-corrected chi connectivity index (χ4v) is 4.24. The molecule has 1 unspecified atom stereocenters. The van der Waals surface area contributed by atoms with E-state index in [1.54, 1.807) is 4.68 Å². The number of hydrogen-bond acceptors (Lipinski definition) is 4. The van der Waals surface area contributed by atoms with Crippen LogP contribution in [0.4, 0.5) is 5.69 Å². The molecule has 2 aromatic heterocycles. The lowest BCUT2D eigenvalue weighted by Gasteiger charge is -2.18. The van der Waals surface area contributed by atoms with E-state index in [0.717, 1.165) is 40.0 Å². The number of aromatic nitrogens is 4. The summed E-state index contributed by atoms with van der Waals surface area (Å²) >= 11 is 0. The monoisotopic (exact) mass is 443 g/mol. The van der Waals surface area contributed by atoms with Gasteiger partial charge in [-0.2, -0.15) is 10.2 Å². The molecule has 1 atom stereocenters. The van der Waals surface area contributed by atoms with Crippen molar-refractivity contribution in [3.8, 4) is 5.69 Å². The van der Waals surface area contributed by atoms with Crippen LogP contribution in [0.5, 0.6) is 0 Å². The van der Waals surface area contributed by atoms with Gasteiger partial charge in [0.2, 0.25) is 5.91 Å². The topological polar surface area (TPSA) is 81.8 Å². The molecule has 0 aliphatic rings. The highest BCUT2D eigenvalue weighted by atomic mass is 16.2. The van der Waals surface area contributed by atoms with Gasteiger partial charge in [0.15, 0.2) is 5.52 Å². The molecule has 0 saturated carbocycles. The molecular weight excluding hydrogens is 414 g/mol. The molecule has 4 aromatic rings. The second-order valence-corrected chi connectivity index (χ2v) is 8.32. The lowest BCUT2D eigenvalue weighted by Crippen LogP contribution is -2.35. The van der Waals surface area contributed by atoms with Crippen LogP contribution < -0.4 is 10.9 Å². The smallest absolute Gasteiger partial charge is 0.295 e. The van der Waals surface area contributed by atoms with Crippen molar-refractivity contribution in [1.82, 2.24) is 19.6 Å². The van der Waals surface area contributed by atoms with E-state index in [1.807, 2.05) is 83.1 Å². The summed E-state index contributed by atoms with van der Waals surface area (Å²) < 4.78 is 3.05. The molecule has 0 saturated heterocycles. The van der Waals surface area contributed by atoms with Crippen molar-refractivity contribution in [2.24, 2.45) is 0 Å². The number of aryl methyl sites for hydroxylation is 4. The van der Waals surface area contributed by atoms with E-state index in [2.05, 4.69) is 15.5 Å². The molecule has 170 valence electrons. The van der Waals surface area contributed by atoms with E-state index in [9.17, 15) is 9.59 Å². The molecule has 1 N–H and O–H groups in total. The number of hydrogen-bond donors (Lipinski definition) is 1. The molecule has 0 spiro atoms. The maximum atomic E-state index is 13.5. The Morgan fingerprint density at radius 1 is 1.00 bits per heavy atom. The Bertz CT molecular complexity index is 1380. The van der Waals surface area contributed by atoms with Crippen LogP contribution in [-0.4, -0.2) is 25.5 Å². The number of rotatable bonds is 6. The summed E-state index contributed by atoms with van der Waals surface area (Å²) in [4.78, 5) is 26.7. The first-order valence-corrected chi connectivity index (χ1v) is 11.3. The van der Waals surface area contributed by atoms with Gasteiger partial charge < -0.3 is 5.32 Å². The molecule has 7 nitrogen and oxygen atoms in total. The summed E-state index contributed by atoms with van der Waals surface area (Å²) in [6.07, 6.45) is 1.22. The van der Waals surface area contributed by atoms with Crippen molar-refractivity contribution < 1.29 is 4.79 Å². The van der Waals surface area contributed by atoms with Gasteiger partial charge in [0.05, 0.1) is 22.5 Å². The lowest BCUT2D eigenvalue weighted by atomic mass is 10.1. The Balaban J connectivity index is 1.78. The fourth-order valence-electron chi connectivity index (χ4n) is 4.24. The quantitative estimate of drug-likeness (QED) is 0.470. The van der Waals surface area contributed by atoms with Gasteiger partial charge in [0.25, 0.3) is 5.56 Å². The fraction of sp³-hybridized carbons (Fsp3) is 0.308. The maximum Gasteiger partial charge on any atom is 0.295 e. The summed E-state index contributed by atoms with van der Waals surface area (Å²) in [5.74, 6) is -0.263. The second-order valence-electron chi connectivity index (χ2n) is 8.32.